The molecule has 0 fully saturated rings. The maximum absolute atomic E-state index is 8.83. The molecule has 0 saturated carbocycles. The molecule has 0 spiro atoms. The van der Waals surface area contributed by atoms with Crippen molar-refractivity contribution < 1.29 is 10.0 Å². The second-order valence-corrected chi connectivity index (χ2v) is 2.73. The monoisotopic (exact) mass is 130 g/mol. The first-order chi connectivity index (χ1) is 4.06. The van der Waals surface area contributed by atoms with Crippen LogP contribution in [0.5, 0.6) is 0 Å². The van der Waals surface area contributed by atoms with Gasteiger partial charge in [0.1, 0.15) is 0 Å². The third-order valence-corrected chi connectivity index (χ3v) is 2.24. The standard InChI is InChI=1S/C6H15BO2/c1-4-6(3,5-2)7(8)9/h8-9H,4-5H2,1-3H3. The second kappa shape index (κ2) is 3.23. The van der Waals surface area contributed by atoms with Crippen molar-refractivity contribution in [3.63, 3.8) is 0 Å². The molecule has 0 aliphatic carbocycles. The van der Waals surface area contributed by atoms with Crippen LogP contribution in [-0.2, 0) is 0 Å². The summed E-state index contributed by atoms with van der Waals surface area (Å²) >= 11 is 0. The van der Waals surface area contributed by atoms with Gasteiger partial charge in [0.2, 0.25) is 0 Å². The molecule has 0 heterocycles. The maximum atomic E-state index is 8.83. The van der Waals surface area contributed by atoms with Crippen molar-refractivity contribution in [3.8, 4) is 0 Å². The lowest BCUT2D eigenvalue weighted by Crippen LogP contribution is -2.29. The van der Waals surface area contributed by atoms with E-state index in [4.69, 9.17) is 10.0 Å². The van der Waals surface area contributed by atoms with Gasteiger partial charge in [0.25, 0.3) is 0 Å². The summed E-state index contributed by atoms with van der Waals surface area (Å²) in [5, 5.41) is 17.3. The Morgan fingerprint density at radius 2 is 1.56 bits per heavy atom. The molecule has 0 unspecified atom stereocenters. The van der Waals surface area contributed by atoms with E-state index < -0.39 is 7.12 Å². The Hall–Kier alpha value is -0.0151. The Labute approximate surface area is 57.0 Å². The quantitative estimate of drug-likeness (QED) is 0.560. The zero-order valence-corrected chi connectivity index (χ0v) is 6.39. The molecule has 0 aromatic rings. The molecular formula is C6H15BO2. The third kappa shape index (κ3) is 1.99. The minimum atomic E-state index is -1.17. The molecule has 0 amide bonds. The summed E-state index contributed by atoms with van der Waals surface area (Å²) in [6, 6.07) is 0. The largest absolute Gasteiger partial charge is 0.457 e. The zero-order valence-electron chi connectivity index (χ0n) is 6.39. The highest BCUT2D eigenvalue weighted by Crippen LogP contribution is 2.34. The third-order valence-electron chi connectivity index (χ3n) is 2.24. The van der Waals surface area contributed by atoms with Crippen LogP contribution in [0.15, 0.2) is 0 Å². The summed E-state index contributed by atoms with van der Waals surface area (Å²) in [6.07, 6.45) is 1.61. The molecule has 0 aromatic carbocycles. The van der Waals surface area contributed by atoms with E-state index in [-0.39, 0.29) is 5.31 Å². The van der Waals surface area contributed by atoms with Crippen LogP contribution in [0.4, 0.5) is 0 Å². The zero-order chi connectivity index (χ0) is 7.49. The van der Waals surface area contributed by atoms with Crippen molar-refractivity contribution in [1.82, 2.24) is 0 Å². The van der Waals surface area contributed by atoms with Crippen LogP contribution in [-0.4, -0.2) is 17.2 Å². The summed E-state index contributed by atoms with van der Waals surface area (Å²) in [4.78, 5) is 0. The molecular weight excluding hydrogens is 115 g/mol. The van der Waals surface area contributed by atoms with E-state index >= 15 is 0 Å². The highest BCUT2D eigenvalue weighted by molar-refractivity contribution is 6.45. The van der Waals surface area contributed by atoms with Crippen LogP contribution < -0.4 is 0 Å². The minimum Gasteiger partial charge on any atom is -0.427 e. The van der Waals surface area contributed by atoms with Gasteiger partial charge >= 0.3 is 7.12 Å². The fourth-order valence-electron chi connectivity index (χ4n) is 0.615. The van der Waals surface area contributed by atoms with Gasteiger partial charge in [-0.05, 0) is 0 Å². The number of hydrogen-bond acceptors (Lipinski definition) is 2. The lowest BCUT2D eigenvalue weighted by molar-refractivity contribution is 0.332. The maximum Gasteiger partial charge on any atom is 0.457 e. The van der Waals surface area contributed by atoms with E-state index in [1.165, 1.54) is 0 Å². The molecule has 3 heteroatoms. The van der Waals surface area contributed by atoms with Gasteiger partial charge in [-0.15, -0.1) is 0 Å². The van der Waals surface area contributed by atoms with Crippen molar-refractivity contribution in [2.45, 2.75) is 38.9 Å². The predicted octanol–water partition coefficient (Wildman–Crippen LogP) is 1.04. The number of hydrogen-bond donors (Lipinski definition) is 2. The van der Waals surface area contributed by atoms with Gasteiger partial charge < -0.3 is 10.0 Å². The van der Waals surface area contributed by atoms with Crippen LogP contribution in [0.25, 0.3) is 0 Å². The first kappa shape index (κ1) is 8.98. The van der Waals surface area contributed by atoms with Crippen molar-refractivity contribution in [2.75, 3.05) is 0 Å². The molecule has 0 atom stereocenters. The average molecular weight is 130 g/mol. The van der Waals surface area contributed by atoms with Gasteiger partial charge in [-0.2, -0.15) is 0 Å². The predicted molar refractivity (Wildman–Crippen MR) is 39.1 cm³/mol. The normalized spacial score (nSPS) is 11.7. The van der Waals surface area contributed by atoms with Crippen LogP contribution in [0, 0.1) is 0 Å². The van der Waals surface area contributed by atoms with E-state index in [0.717, 1.165) is 12.8 Å². The topological polar surface area (TPSA) is 40.5 Å². The van der Waals surface area contributed by atoms with E-state index in [1.54, 1.807) is 0 Å². The van der Waals surface area contributed by atoms with Crippen LogP contribution in [0.3, 0.4) is 0 Å². The highest BCUT2D eigenvalue weighted by atomic mass is 16.4. The summed E-state index contributed by atoms with van der Waals surface area (Å²) in [6.45, 7) is 5.80. The molecule has 0 rings (SSSR count). The molecule has 9 heavy (non-hydrogen) atoms. The van der Waals surface area contributed by atoms with Gasteiger partial charge in [-0.25, -0.2) is 0 Å². The van der Waals surface area contributed by atoms with Gasteiger partial charge in [0, 0.05) is 5.31 Å². The fourth-order valence-corrected chi connectivity index (χ4v) is 0.615. The van der Waals surface area contributed by atoms with Gasteiger partial charge in [0.05, 0.1) is 0 Å². The molecule has 0 aromatic heterocycles. The van der Waals surface area contributed by atoms with Crippen molar-refractivity contribution >= 4 is 7.12 Å². The Morgan fingerprint density at radius 3 is 1.56 bits per heavy atom. The van der Waals surface area contributed by atoms with Gasteiger partial charge in [-0.3, -0.25) is 0 Å². The lowest BCUT2D eigenvalue weighted by Gasteiger charge is -2.24. The molecule has 0 bridgehead atoms. The lowest BCUT2D eigenvalue weighted by atomic mass is 9.56. The van der Waals surface area contributed by atoms with Gasteiger partial charge in [-0.1, -0.05) is 33.6 Å². The molecule has 0 aliphatic rings. The fraction of sp³-hybridized carbons (Fsp3) is 1.00. The van der Waals surface area contributed by atoms with Crippen LogP contribution in [0.2, 0.25) is 5.31 Å². The van der Waals surface area contributed by atoms with Crippen LogP contribution in [0.1, 0.15) is 33.6 Å². The Kier molecular flexibility index (Phi) is 3.22. The Morgan fingerprint density at radius 1 is 1.22 bits per heavy atom. The van der Waals surface area contributed by atoms with E-state index in [9.17, 15) is 0 Å². The second-order valence-electron chi connectivity index (χ2n) is 2.73. The molecule has 0 saturated heterocycles. The molecule has 2 nitrogen and oxygen atoms in total. The van der Waals surface area contributed by atoms with Crippen molar-refractivity contribution in [2.24, 2.45) is 0 Å². The van der Waals surface area contributed by atoms with Gasteiger partial charge in [0.15, 0.2) is 0 Å². The SMILES string of the molecule is CCC(C)(CC)B(O)O. The summed E-state index contributed by atoms with van der Waals surface area (Å²) < 4.78 is 0. The van der Waals surface area contributed by atoms with Crippen molar-refractivity contribution in [1.29, 1.82) is 0 Å². The van der Waals surface area contributed by atoms with Crippen LogP contribution >= 0.6 is 0 Å². The smallest absolute Gasteiger partial charge is 0.427 e. The average Bonchev–Trinajstić information content (AvgIpc) is 1.86. The van der Waals surface area contributed by atoms with E-state index in [2.05, 4.69) is 0 Å². The van der Waals surface area contributed by atoms with E-state index in [0.29, 0.717) is 0 Å². The number of rotatable bonds is 3. The summed E-state index contributed by atoms with van der Waals surface area (Å²) in [7, 11) is -1.17. The molecule has 0 radical (unpaired) electrons. The summed E-state index contributed by atoms with van der Waals surface area (Å²) in [5.41, 5.74) is 0. The Bertz CT molecular complexity index is 79.1. The van der Waals surface area contributed by atoms with E-state index in [1.807, 2.05) is 20.8 Å². The molecule has 54 valence electrons. The minimum absolute atomic E-state index is 0.306. The first-order valence-electron chi connectivity index (χ1n) is 3.43. The molecule has 0 aliphatic heterocycles. The van der Waals surface area contributed by atoms with Crippen molar-refractivity contribution in [3.05, 3.63) is 0 Å². The Balaban J connectivity index is 3.92. The first-order valence-corrected chi connectivity index (χ1v) is 3.43. The summed E-state index contributed by atoms with van der Waals surface area (Å²) in [5.74, 6) is 0. The highest BCUT2D eigenvalue weighted by Gasteiger charge is 2.33. The molecule has 2 N–H and O–H groups in total.